The van der Waals surface area contributed by atoms with E-state index in [1.165, 1.54) is 16.4 Å². The highest BCUT2D eigenvalue weighted by atomic mass is 35.5. The summed E-state index contributed by atoms with van der Waals surface area (Å²) < 4.78 is 0. The third-order valence-corrected chi connectivity index (χ3v) is 11.2. The van der Waals surface area contributed by atoms with E-state index in [1.54, 1.807) is 0 Å². The standard InChI is InChI=1S/C21H28ClP/c1-20(2,3)23(16-22,21(4,5)6)19-14-12-18(13-15-19)17-10-8-7-9-11-17/h7-16H,1-6H3. The zero-order valence-corrected chi connectivity index (χ0v) is 16.7. The fourth-order valence-electron chi connectivity index (χ4n) is 3.65. The highest BCUT2D eigenvalue weighted by molar-refractivity contribution is 7.88. The normalized spacial score (nSPS) is 13.2. The molecule has 0 radical (unpaired) electrons. The molecule has 0 amide bonds. The molecule has 0 bridgehead atoms. The van der Waals surface area contributed by atoms with Crippen molar-refractivity contribution in [2.45, 2.75) is 51.9 Å². The van der Waals surface area contributed by atoms with Crippen molar-refractivity contribution in [3.05, 3.63) is 60.2 Å². The number of benzene rings is 2. The lowest BCUT2D eigenvalue weighted by atomic mass is 10.1. The van der Waals surface area contributed by atoms with Crippen LogP contribution in [0.5, 0.6) is 0 Å². The monoisotopic (exact) mass is 346 g/mol. The fraction of sp³-hybridized carbons (Fsp3) is 0.381. The van der Waals surface area contributed by atoms with E-state index in [2.05, 4.69) is 96.1 Å². The zero-order valence-electron chi connectivity index (χ0n) is 15.1. The van der Waals surface area contributed by atoms with Gasteiger partial charge in [-0.15, -0.1) is 0 Å². The molecule has 0 atom stereocenters. The molecular weight excluding hydrogens is 319 g/mol. The van der Waals surface area contributed by atoms with Crippen molar-refractivity contribution in [2.75, 3.05) is 0 Å². The lowest BCUT2D eigenvalue weighted by molar-refractivity contribution is 0.701. The van der Waals surface area contributed by atoms with Crippen molar-refractivity contribution in [3.8, 4) is 11.1 Å². The average Bonchev–Trinajstić information content (AvgIpc) is 2.47. The summed E-state index contributed by atoms with van der Waals surface area (Å²) in [6.45, 7) is 13.9. The minimum Gasteiger partial charge on any atom is -0.304 e. The van der Waals surface area contributed by atoms with E-state index in [0.717, 1.165) is 0 Å². The van der Waals surface area contributed by atoms with E-state index < -0.39 is 7.26 Å². The Labute approximate surface area is 147 Å². The van der Waals surface area contributed by atoms with Gasteiger partial charge in [0.25, 0.3) is 0 Å². The SMILES string of the molecule is CC(C)(C)[P+]([CH-]Cl)(c1ccc(-c2ccccc2)cc1)C(C)(C)C. The first-order chi connectivity index (χ1) is 10.6. The van der Waals surface area contributed by atoms with Crippen LogP contribution in [0.25, 0.3) is 11.1 Å². The summed E-state index contributed by atoms with van der Waals surface area (Å²) in [5, 5.41) is 1.63. The van der Waals surface area contributed by atoms with Gasteiger partial charge >= 0.3 is 0 Å². The van der Waals surface area contributed by atoms with Gasteiger partial charge in [0, 0.05) is 0 Å². The van der Waals surface area contributed by atoms with Crippen LogP contribution in [0, 0.1) is 5.62 Å². The highest BCUT2D eigenvalue weighted by Gasteiger charge is 2.52. The maximum absolute atomic E-state index is 6.51. The topological polar surface area (TPSA) is 0 Å². The Morgan fingerprint density at radius 2 is 1.13 bits per heavy atom. The fourth-order valence-corrected chi connectivity index (χ4v) is 10.6. The predicted octanol–water partition coefficient (Wildman–Crippen LogP) is 6.95. The second-order valence-corrected chi connectivity index (χ2v) is 13.5. The van der Waals surface area contributed by atoms with E-state index in [-0.39, 0.29) is 10.3 Å². The summed E-state index contributed by atoms with van der Waals surface area (Å²) in [6.07, 6.45) is 0. The summed E-state index contributed by atoms with van der Waals surface area (Å²) in [5.41, 5.74) is 4.50. The summed E-state index contributed by atoms with van der Waals surface area (Å²) in [5.74, 6) is 0. The van der Waals surface area contributed by atoms with Gasteiger partial charge in [-0.25, -0.2) is 0 Å². The number of halogens is 1. The summed E-state index contributed by atoms with van der Waals surface area (Å²) in [4.78, 5) is 0. The third kappa shape index (κ3) is 3.35. The van der Waals surface area contributed by atoms with Crippen LogP contribution in [-0.4, -0.2) is 10.3 Å². The smallest absolute Gasteiger partial charge is 0.0670 e. The molecule has 2 aromatic carbocycles. The molecule has 0 aliphatic carbocycles. The lowest BCUT2D eigenvalue weighted by Gasteiger charge is -2.52. The summed E-state index contributed by atoms with van der Waals surface area (Å²) in [6, 6.07) is 19.5. The first-order valence-corrected chi connectivity index (χ1v) is 10.4. The molecule has 0 spiro atoms. The second-order valence-electron chi connectivity index (χ2n) is 8.07. The second kappa shape index (κ2) is 6.58. The van der Waals surface area contributed by atoms with Crippen molar-refractivity contribution in [1.82, 2.24) is 0 Å². The van der Waals surface area contributed by atoms with E-state index in [1.807, 2.05) is 5.62 Å². The van der Waals surface area contributed by atoms with Crippen molar-refractivity contribution in [2.24, 2.45) is 0 Å². The van der Waals surface area contributed by atoms with Crippen molar-refractivity contribution in [3.63, 3.8) is 0 Å². The van der Waals surface area contributed by atoms with Crippen molar-refractivity contribution >= 4 is 24.2 Å². The Morgan fingerprint density at radius 1 is 0.696 bits per heavy atom. The Hall–Kier alpha value is -0.840. The molecule has 2 aromatic rings. The van der Waals surface area contributed by atoms with Crippen molar-refractivity contribution in [1.29, 1.82) is 0 Å². The quantitative estimate of drug-likeness (QED) is 0.416. The maximum Gasteiger partial charge on any atom is 0.0670 e. The van der Waals surface area contributed by atoms with E-state index in [0.29, 0.717) is 0 Å². The third-order valence-electron chi connectivity index (χ3n) is 4.64. The molecule has 0 nitrogen and oxygen atoms in total. The van der Waals surface area contributed by atoms with Gasteiger partial charge in [0.2, 0.25) is 0 Å². The average molecular weight is 347 g/mol. The molecule has 2 rings (SSSR count). The van der Waals surface area contributed by atoms with Gasteiger partial charge in [0.15, 0.2) is 0 Å². The van der Waals surface area contributed by atoms with Gasteiger partial charge in [-0.3, -0.25) is 0 Å². The first kappa shape index (κ1) is 18.5. The molecule has 2 heteroatoms. The molecular formula is C21H28ClP. The van der Waals surface area contributed by atoms with Gasteiger partial charge in [-0.1, -0.05) is 55.3 Å². The van der Waals surface area contributed by atoms with Crippen LogP contribution in [0.3, 0.4) is 0 Å². The Bertz CT molecular complexity index is 616. The minimum absolute atomic E-state index is 0.126. The molecule has 23 heavy (non-hydrogen) atoms. The molecule has 0 aromatic heterocycles. The highest BCUT2D eigenvalue weighted by Crippen LogP contribution is 2.78. The number of rotatable bonds is 3. The molecule has 0 unspecified atom stereocenters. The first-order valence-electron chi connectivity index (χ1n) is 8.13. The van der Waals surface area contributed by atoms with Crippen LogP contribution in [0.1, 0.15) is 41.5 Å². The van der Waals surface area contributed by atoms with E-state index >= 15 is 0 Å². The van der Waals surface area contributed by atoms with E-state index in [4.69, 9.17) is 11.6 Å². The van der Waals surface area contributed by atoms with E-state index in [9.17, 15) is 0 Å². The predicted molar refractivity (Wildman–Crippen MR) is 108 cm³/mol. The van der Waals surface area contributed by atoms with Crippen LogP contribution in [0.2, 0.25) is 0 Å². The van der Waals surface area contributed by atoms with Gasteiger partial charge < -0.3 is 11.6 Å². The Balaban J connectivity index is 2.54. The number of hydrogen-bond donors (Lipinski definition) is 0. The molecule has 0 fully saturated rings. The molecule has 124 valence electrons. The molecule has 0 saturated carbocycles. The van der Waals surface area contributed by atoms with Gasteiger partial charge in [-0.05, 0) is 64.8 Å². The van der Waals surface area contributed by atoms with Crippen LogP contribution in [-0.2, 0) is 0 Å². The largest absolute Gasteiger partial charge is 0.304 e. The molecule has 0 saturated heterocycles. The summed E-state index contributed by atoms with van der Waals surface area (Å²) in [7, 11) is -1.67. The van der Waals surface area contributed by atoms with Crippen LogP contribution >= 0.6 is 18.9 Å². The van der Waals surface area contributed by atoms with Gasteiger partial charge in [0.1, 0.15) is 0 Å². The lowest BCUT2D eigenvalue weighted by Crippen LogP contribution is -2.39. The van der Waals surface area contributed by atoms with Gasteiger partial charge in [0.05, 0.1) is 15.6 Å². The Morgan fingerprint density at radius 3 is 1.52 bits per heavy atom. The molecule has 0 aliphatic rings. The molecule has 0 heterocycles. The summed E-state index contributed by atoms with van der Waals surface area (Å²) >= 11 is 6.51. The van der Waals surface area contributed by atoms with Crippen molar-refractivity contribution < 1.29 is 0 Å². The van der Waals surface area contributed by atoms with Crippen LogP contribution in [0.4, 0.5) is 0 Å². The minimum atomic E-state index is -1.67. The zero-order chi connectivity index (χ0) is 17.3. The van der Waals surface area contributed by atoms with Crippen LogP contribution in [0.15, 0.2) is 54.6 Å². The van der Waals surface area contributed by atoms with Crippen LogP contribution < -0.4 is 5.30 Å². The van der Waals surface area contributed by atoms with Gasteiger partial charge in [-0.2, -0.15) is 0 Å². The molecule has 0 aliphatic heterocycles. The molecule has 0 N–H and O–H groups in total. The number of hydrogen-bond acceptors (Lipinski definition) is 0. The maximum atomic E-state index is 6.51. The Kier molecular flexibility index (Phi) is 5.29.